The number of rotatable bonds is 0. The molecular formula is Cl6ORu2. The molecule has 0 amide bonds. The summed E-state index contributed by atoms with van der Waals surface area (Å²) in [6, 6.07) is 0. The fourth-order valence-corrected chi connectivity index (χ4v) is 0. The summed E-state index contributed by atoms with van der Waals surface area (Å²) in [7, 11) is 28.9. The summed E-state index contributed by atoms with van der Waals surface area (Å²) < 4.78 is 9.57. The van der Waals surface area contributed by atoms with Crippen molar-refractivity contribution >= 4 is 58.1 Å². The molecule has 0 atom stereocenters. The van der Waals surface area contributed by atoms with Gasteiger partial charge in [0, 0.05) is 0 Å². The van der Waals surface area contributed by atoms with E-state index in [4.69, 9.17) is 29.1 Å². The van der Waals surface area contributed by atoms with Crippen LogP contribution < -0.4 is 0 Å². The Bertz CT molecular complexity index is 82.2. The van der Waals surface area contributed by atoms with Crippen molar-refractivity contribution in [3.63, 3.8) is 0 Å². The van der Waals surface area contributed by atoms with E-state index in [9.17, 15) is 3.57 Å². The molecule has 9 heteroatoms. The van der Waals surface area contributed by atoms with Crippen LogP contribution in [0.1, 0.15) is 0 Å². The van der Waals surface area contributed by atoms with Gasteiger partial charge in [0.15, 0.2) is 0 Å². The predicted octanol–water partition coefficient (Wildman–Crippen LogP) is 4.01. The van der Waals surface area contributed by atoms with Crippen molar-refractivity contribution in [1.29, 1.82) is 0 Å². The van der Waals surface area contributed by atoms with Gasteiger partial charge in [-0.25, -0.2) is 0 Å². The Morgan fingerprint density at radius 1 is 1.00 bits per heavy atom. The van der Waals surface area contributed by atoms with Crippen molar-refractivity contribution in [2.75, 3.05) is 0 Å². The predicted molar refractivity (Wildman–Crippen MR) is 35.8 cm³/mol. The van der Waals surface area contributed by atoms with Gasteiger partial charge in [-0.05, 0) is 0 Å². The van der Waals surface area contributed by atoms with Gasteiger partial charge in [0.05, 0.1) is 0 Å². The van der Waals surface area contributed by atoms with E-state index >= 15 is 0 Å². The maximum atomic E-state index is 9.57. The van der Waals surface area contributed by atoms with Crippen LogP contribution in [0.2, 0.25) is 0 Å². The molecule has 0 aliphatic carbocycles. The molecule has 0 aromatic rings. The first-order valence-corrected chi connectivity index (χ1v) is 15.1. The van der Waals surface area contributed by atoms with E-state index < -0.39 is 24.7 Å². The van der Waals surface area contributed by atoms with Gasteiger partial charge in [-0.3, -0.25) is 0 Å². The quantitative estimate of drug-likeness (QED) is 0.531. The first-order chi connectivity index (χ1) is 3.73. The summed E-state index contributed by atoms with van der Waals surface area (Å²) >= 11 is -5.45. The summed E-state index contributed by atoms with van der Waals surface area (Å²) in [5, 5.41) is 0. The Labute approximate surface area is 85.1 Å². The second-order valence-electron chi connectivity index (χ2n) is 0.467. The molecule has 0 aliphatic heterocycles. The van der Waals surface area contributed by atoms with Crippen molar-refractivity contribution in [3.8, 4) is 0 Å². The zero-order chi connectivity index (χ0) is 8.08. The molecule has 0 heterocycles. The fraction of sp³-hybridized carbons (Fsp3) is 0. The first kappa shape index (κ1) is 14.3. The molecule has 0 bridgehead atoms. The van der Waals surface area contributed by atoms with Crippen molar-refractivity contribution in [2.24, 2.45) is 0 Å². The maximum absolute atomic E-state index is 9.57. The van der Waals surface area contributed by atoms with Gasteiger partial charge in [-0.1, -0.05) is 0 Å². The van der Waals surface area contributed by atoms with Gasteiger partial charge in [-0.15, -0.1) is 0 Å². The molecule has 0 aromatic carbocycles. The van der Waals surface area contributed by atoms with Crippen LogP contribution in [0, 0.1) is 0 Å². The van der Waals surface area contributed by atoms with Crippen LogP contribution in [0.25, 0.3) is 0 Å². The summed E-state index contributed by atoms with van der Waals surface area (Å²) in [5.41, 5.74) is 0. The monoisotopic (exact) mass is 430 g/mol. The normalized spacial score (nSPS) is 13.3. The summed E-state index contributed by atoms with van der Waals surface area (Å²) in [4.78, 5) is 0. The molecule has 1 nitrogen and oxygen atoms in total. The Morgan fingerprint density at radius 2 is 1.00 bits per heavy atom. The summed E-state index contributed by atoms with van der Waals surface area (Å²) in [5.74, 6) is 0. The minimum absolute atomic E-state index is 1.75. The molecule has 64 valence electrons. The van der Waals surface area contributed by atoms with Crippen molar-refractivity contribution in [3.05, 3.63) is 0 Å². The van der Waals surface area contributed by atoms with E-state index in [0.29, 0.717) is 0 Å². The third kappa shape index (κ3) is 107. The van der Waals surface area contributed by atoms with Crippen LogP contribution >= 0.6 is 58.1 Å². The van der Waals surface area contributed by atoms with E-state index in [1.165, 1.54) is 0 Å². The second-order valence-corrected chi connectivity index (χ2v) is 19.0. The Kier molecular flexibility index (Phi) is 11.8. The third-order valence-corrected chi connectivity index (χ3v) is 0. The van der Waals surface area contributed by atoms with E-state index in [-0.39, 0.29) is 0 Å². The van der Waals surface area contributed by atoms with Crippen LogP contribution in [0.3, 0.4) is 0 Å². The van der Waals surface area contributed by atoms with Gasteiger partial charge in [0.1, 0.15) is 0 Å². The van der Waals surface area contributed by atoms with Crippen LogP contribution in [-0.2, 0) is 28.3 Å². The third-order valence-electron chi connectivity index (χ3n) is 0. The molecule has 0 aliphatic rings. The van der Waals surface area contributed by atoms with Gasteiger partial charge in [0.2, 0.25) is 0 Å². The van der Waals surface area contributed by atoms with E-state index in [1.54, 1.807) is 0 Å². The molecule has 0 unspecified atom stereocenters. The van der Waals surface area contributed by atoms with Crippen LogP contribution in [0.4, 0.5) is 0 Å². The molecule has 0 aromatic heterocycles. The first-order valence-electron chi connectivity index (χ1n) is 0.946. The molecule has 0 spiro atoms. The standard InChI is InChI=1S/6ClH.O.2Ru/h6*1H;;;/q;;;;;;;2*+3/p-6. The Hall–Kier alpha value is 2.79. The summed E-state index contributed by atoms with van der Waals surface area (Å²) in [6.45, 7) is 0. The zero-order valence-electron chi connectivity index (χ0n) is 3.38. The fourth-order valence-electron chi connectivity index (χ4n) is 0. The second kappa shape index (κ2) is 7.44. The van der Waals surface area contributed by atoms with Crippen LogP contribution in [0.15, 0.2) is 0 Å². The van der Waals surface area contributed by atoms with Gasteiger partial charge >= 0.3 is 86.5 Å². The van der Waals surface area contributed by atoms with Crippen molar-refractivity contribution in [1.82, 2.24) is 0 Å². The minimum atomic E-state index is -3.69. The molecule has 0 radical (unpaired) electrons. The van der Waals surface area contributed by atoms with E-state index in [0.717, 1.165) is 0 Å². The van der Waals surface area contributed by atoms with Gasteiger partial charge in [0.25, 0.3) is 0 Å². The average Bonchev–Trinajstić information content (AvgIpc) is 1.19. The summed E-state index contributed by atoms with van der Waals surface area (Å²) in [6.07, 6.45) is 0. The number of hydrogen-bond acceptors (Lipinski definition) is 1. The number of hydrogen-bond donors (Lipinski definition) is 0. The van der Waals surface area contributed by atoms with E-state index in [1.807, 2.05) is 0 Å². The van der Waals surface area contributed by atoms with Gasteiger partial charge < -0.3 is 0 Å². The van der Waals surface area contributed by atoms with E-state index in [2.05, 4.69) is 29.1 Å². The topological polar surface area (TPSA) is 17.1 Å². The molecule has 0 saturated heterocycles. The molecule has 0 N–H and O–H groups in total. The van der Waals surface area contributed by atoms with Crippen LogP contribution in [-0.4, -0.2) is 0 Å². The molecule has 0 saturated carbocycles. The zero-order valence-corrected chi connectivity index (χ0v) is 11.4. The molecular weight excluding hydrogens is 431 g/mol. The van der Waals surface area contributed by atoms with Gasteiger partial charge in [-0.2, -0.15) is 0 Å². The van der Waals surface area contributed by atoms with Crippen molar-refractivity contribution < 1.29 is 28.3 Å². The SMILES string of the molecule is [Cl][Ru]([Cl])[Cl].[O]=[Ru]([Cl])([Cl])[Cl]. The Morgan fingerprint density at radius 3 is 1.00 bits per heavy atom. The average molecular weight is 431 g/mol. The molecule has 0 rings (SSSR count). The molecule has 0 fully saturated rings. The molecule has 9 heavy (non-hydrogen) atoms. The number of halogens is 6. The van der Waals surface area contributed by atoms with Crippen LogP contribution in [0.5, 0.6) is 0 Å². The Balaban J connectivity index is 0. The van der Waals surface area contributed by atoms with Crippen molar-refractivity contribution in [2.45, 2.75) is 0 Å².